The lowest BCUT2D eigenvalue weighted by Crippen LogP contribution is -2.39. The fraction of sp³-hybridized carbons (Fsp3) is 0.500. The molecule has 3 nitrogen and oxygen atoms in total. The first-order valence-electron chi connectivity index (χ1n) is 6.35. The second kappa shape index (κ2) is 7.11. The molecule has 0 heterocycles. The molecule has 0 fully saturated rings. The van der Waals surface area contributed by atoms with Crippen LogP contribution in [0.1, 0.15) is 19.4 Å². The molecule has 4 heteroatoms. The third-order valence-corrected chi connectivity index (χ3v) is 3.10. The molecule has 0 aromatic heterocycles. The third kappa shape index (κ3) is 3.81. The average molecular weight is 252 g/mol. The molecule has 1 aromatic carbocycles. The van der Waals surface area contributed by atoms with Gasteiger partial charge in [-0.3, -0.25) is 4.79 Å². The van der Waals surface area contributed by atoms with E-state index in [2.05, 4.69) is 0 Å². The Hall–Kier alpha value is -1.42. The topological polar surface area (TPSA) is 46.3 Å². The van der Waals surface area contributed by atoms with Crippen LogP contribution in [0.3, 0.4) is 0 Å². The molecule has 0 bridgehead atoms. The normalized spacial score (nSPS) is 12.2. The molecule has 0 saturated heterocycles. The minimum Gasteiger partial charge on any atom is -0.343 e. The number of halogens is 1. The summed E-state index contributed by atoms with van der Waals surface area (Å²) < 4.78 is 12.8. The lowest BCUT2D eigenvalue weighted by Gasteiger charge is -2.24. The van der Waals surface area contributed by atoms with Crippen molar-refractivity contribution in [2.75, 3.05) is 19.6 Å². The van der Waals surface area contributed by atoms with Crippen LogP contribution in [0.4, 0.5) is 4.39 Å². The van der Waals surface area contributed by atoms with Gasteiger partial charge in [-0.1, -0.05) is 12.1 Å². The monoisotopic (exact) mass is 252 g/mol. The van der Waals surface area contributed by atoms with E-state index in [1.807, 2.05) is 13.8 Å². The van der Waals surface area contributed by atoms with E-state index in [0.29, 0.717) is 26.1 Å². The van der Waals surface area contributed by atoms with Gasteiger partial charge in [-0.25, -0.2) is 4.39 Å². The predicted octanol–water partition coefficient (Wildman–Crippen LogP) is 1.81. The van der Waals surface area contributed by atoms with Gasteiger partial charge in [-0.2, -0.15) is 0 Å². The Morgan fingerprint density at radius 2 is 1.83 bits per heavy atom. The minimum absolute atomic E-state index is 0.0758. The molecule has 1 amide bonds. The molecular weight excluding hydrogens is 231 g/mol. The predicted molar refractivity (Wildman–Crippen MR) is 70.6 cm³/mol. The second-order valence-corrected chi connectivity index (χ2v) is 4.27. The van der Waals surface area contributed by atoms with Crippen molar-refractivity contribution in [3.63, 3.8) is 0 Å². The molecule has 0 aliphatic carbocycles. The number of carbonyl (C=O) groups is 1. The van der Waals surface area contributed by atoms with Gasteiger partial charge in [-0.15, -0.1) is 0 Å². The SMILES string of the molecule is CCN(CC)C(=O)C(CN)Cc1ccc(F)cc1. The zero-order valence-electron chi connectivity index (χ0n) is 11.0. The highest BCUT2D eigenvalue weighted by molar-refractivity contribution is 5.79. The Balaban J connectivity index is 2.72. The van der Waals surface area contributed by atoms with Crippen molar-refractivity contribution in [3.8, 4) is 0 Å². The zero-order valence-corrected chi connectivity index (χ0v) is 11.0. The number of carbonyl (C=O) groups excluding carboxylic acids is 1. The van der Waals surface area contributed by atoms with E-state index < -0.39 is 0 Å². The van der Waals surface area contributed by atoms with Gasteiger partial charge in [0.1, 0.15) is 5.82 Å². The maximum absolute atomic E-state index is 12.8. The average Bonchev–Trinajstić information content (AvgIpc) is 2.39. The zero-order chi connectivity index (χ0) is 13.5. The smallest absolute Gasteiger partial charge is 0.227 e. The quantitative estimate of drug-likeness (QED) is 0.839. The van der Waals surface area contributed by atoms with Gasteiger partial charge in [0, 0.05) is 19.6 Å². The third-order valence-electron chi connectivity index (χ3n) is 3.10. The van der Waals surface area contributed by atoms with Crippen LogP contribution in [0, 0.1) is 11.7 Å². The Bertz CT molecular complexity index is 374. The van der Waals surface area contributed by atoms with Crippen LogP contribution in [0.25, 0.3) is 0 Å². The first-order chi connectivity index (χ1) is 8.62. The molecule has 1 aromatic rings. The number of hydrogen-bond acceptors (Lipinski definition) is 2. The molecule has 0 aliphatic rings. The largest absolute Gasteiger partial charge is 0.343 e. The van der Waals surface area contributed by atoms with Crippen LogP contribution in [-0.4, -0.2) is 30.4 Å². The first kappa shape index (κ1) is 14.6. The summed E-state index contributed by atoms with van der Waals surface area (Å²) in [6.45, 7) is 5.59. The molecule has 0 aliphatic heterocycles. The number of nitrogens with two attached hydrogens (primary N) is 1. The van der Waals surface area contributed by atoms with Crippen LogP contribution in [0.5, 0.6) is 0 Å². The summed E-state index contributed by atoms with van der Waals surface area (Å²) in [5.41, 5.74) is 6.61. The van der Waals surface area contributed by atoms with Gasteiger partial charge in [-0.05, 0) is 38.0 Å². The number of hydrogen-bond donors (Lipinski definition) is 1. The Morgan fingerprint density at radius 1 is 1.28 bits per heavy atom. The van der Waals surface area contributed by atoms with Crippen LogP contribution in [-0.2, 0) is 11.2 Å². The number of benzene rings is 1. The van der Waals surface area contributed by atoms with E-state index in [9.17, 15) is 9.18 Å². The van der Waals surface area contributed by atoms with Crippen LogP contribution >= 0.6 is 0 Å². The molecular formula is C14H21FN2O. The van der Waals surface area contributed by atoms with Crippen LogP contribution in [0.2, 0.25) is 0 Å². The Labute approximate surface area is 108 Å². The van der Waals surface area contributed by atoms with Crippen molar-refractivity contribution in [2.24, 2.45) is 11.7 Å². The highest BCUT2D eigenvalue weighted by Crippen LogP contribution is 2.12. The van der Waals surface area contributed by atoms with Crippen molar-refractivity contribution in [2.45, 2.75) is 20.3 Å². The molecule has 1 rings (SSSR count). The highest BCUT2D eigenvalue weighted by Gasteiger charge is 2.21. The molecule has 1 atom stereocenters. The molecule has 2 N–H and O–H groups in total. The van der Waals surface area contributed by atoms with Gasteiger partial charge < -0.3 is 10.6 Å². The summed E-state index contributed by atoms with van der Waals surface area (Å²) in [4.78, 5) is 14.0. The fourth-order valence-corrected chi connectivity index (χ4v) is 1.97. The van der Waals surface area contributed by atoms with E-state index in [0.717, 1.165) is 5.56 Å². The van der Waals surface area contributed by atoms with E-state index in [4.69, 9.17) is 5.73 Å². The first-order valence-corrected chi connectivity index (χ1v) is 6.35. The fourth-order valence-electron chi connectivity index (χ4n) is 1.97. The summed E-state index contributed by atoms with van der Waals surface area (Å²) in [5.74, 6) is -0.416. The van der Waals surface area contributed by atoms with Crippen molar-refractivity contribution in [1.29, 1.82) is 0 Å². The number of amides is 1. The number of nitrogens with zero attached hydrogens (tertiary/aromatic N) is 1. The van der Waals surface area contributed by atoms with Gasteiger partial charge in [0.15, 0.2) is 0 Å². The number of rotatable bonds is 6. The summed E-state index contributed by atoms with van der Waals surface area (Å²) in [6, 6.07) is 6.22. The standard InChI is InChI=1S/C14H21FN2O/c1-3-17(4-2)14(18)12(10-16)9-11-5-7-13(15)8-6-11/h5-8,12H,3-4,9-10,16H2,1-2H3. The molecule has 100 valence electrons. The summed E-state index contributed by atoms with van der Waals surface area (Å²) >= 11 is 0. The Kier molecular flexibility index (Phi) is 5.78. The highest BCUT2D eigenvalue weighted by atomic mass is 19.1. The van der Waals surface area contributed by atoms with Crippen molar-refractivity contribution in [3.05, 3.63) is 35.6 Å². The maximum atomic E-state index is 12.8. The molecule has 1 unspecified atom stereocenters. The van der Waals surface area contributed by atoms with Gasteiger partial charge >= 0.3 is 0 Å². The van der Waals surface area contributed by atoms with Crippen molar-refractivity contribution < 1.29 is 9.18 Å². The maximum Gasteiger partial charge on any atom is 0.227 e. The second-order valence-electron chi connectivity index (χ2n) is 4.27. The van der Waals surface area contributed by atoms with E-state index in [-0.39, 0.29) is 17.6 Å². The van der Waals surface area contributed by atoms with E-state index in [1.165, 1.54) is 12.1 Å². The summed E-state index contributed by atoms with van der Waals surface area (Å²) in [5, 5.41) is 0. The van der Waals surface area contributed by atoms with Gasteiger partial charge in [0.2, 0.25) is 5.91 Å². The Morgan fingerprint density at radius 3 is 2.28 bits per heavy atom. The van der Waals surface area contributed by atoms with Crippen LogP contribution < -0.4 is 5.73 Å². The van der Waals surface area contributed by atoms with Crippen molar-refractivity contribution >= 4 is 5.91 Å². The summed E-state index contributed by atoms with van der Waals surface area (Å²) in [6.07, 6.45) is 0.562. The molecule has 0 saturated carbocycles. The van der Waals surface area contributed by atoms with Gasteiger partial charge in [0.05, 0.1) is 5.92 Å². The molecule has 0 radical (unpaired) electrons. The minimum atomic E-state index is -0.266. The van der Waals surface area contributed by atoms with E-state index in [1.54, 1.807) is 17.0 Å². The molecule has 18 heavy (non-hydrogen) atoms. The van der Waals surface area contributed by atoms with Crippen molar-refractivity contribution in [1.82, 2.24) is 4.90 Å². The van der Waals surface area contributed by atoms with Crippen LogP contribution in [0.15, 0.2) is 24.3 Å². The van der Waals surface area contributed by atoms with Gasteiger partial charge in [0.25, 0.3) is 0 Å². The lowest BCUT2D eigenvalue weighted by molar-refractivity contribution is -0.134. The summed E-state index contributed by atoms with van der Waals surface area (Å²) in [7, 11) is 0. The lowest BCUT2D eigenvalue weighted by atomic mass is 9.98. The van der Waals surface area contributed by atoms with E-state index >= 15 is 0 Å². The molecule has 0 spiro atoms.